The van der Waals surface area contributed by atoms with Crippen LogP contribution in [-0.4, -0.2) is 30.6 Å². The van der Waals surface area contributed by atoms with Crippen LogP contribution in [0, 0.1) is 0 Å². The first-order valence-electron chi connectivity index (χ1n) is 6.45. The summed E-state index contributed by atoms with van der Waals surface area (Å²) in [5, 5.41) is 4.35. The molecule has 1 N–H and O–H groups in total. The highest BCUT2D eigenvalue weighted by molar-refractivity contribution is 6.31. The van der Waals surface area contributed by atoms with Gasteiger partial charge < -0.3 is 5.32 Å². The van der Waals surface area contributed by atoms with Crippen molar-refractivity contribution in [3.63, 3.8) is 0 Å². The molecule has 0 bridgehead atoms. The predicted molar refractivity (Wildman–Crippen MR) is 73.4 cm³/mol. The van der Waals surface area contributed by atoms with Gasteiger partial charge in [0.25, 0.3) is 0 Å². The average Bonchev–Trinajstić information content (AvgIpc) is 2.85. The lowest BCUT2D eigenvalue weighted by molar-refractivity contribution is 0.251. The molecule has 1 fully saturated rings. The van der Waals surface area contributed by atoms with E-state index in [1.165, 1.54) is 31.5 Å². The molecule has 1 aromatic carbocycles. The lowest BCUT2D eigenvalue weighted by Gasteiger charge is -2.24. The maximum Gasteiger partial charge on any atom is 0.0450 e. The van der Waals surface area contributed by atoms with Crippen LogP contribution in [0.2, 0.25) is 5.02 Å². The van der Waals surface area contributed by atoms with E-state index >= 15 is 0 Å². The summed E-state index contributed by atoms with van der Waals surface area (Å²) in [6.07, 6.45) is 2.71. The normalized spacial score (nSPS) is 18.5. The van der Waals surface area contributed by atoms with Gasteiger partial charge in [0, 0.05) is 24.2 Å². The van der Waals surface area contributed by atoms with Gasteiger partial charge in [-0.25, -0.2) is 0 Å². The highest BCUT2D eigenvalue weighted by atomic mass is 35.5. The Hall–Kier alpha value is -0.570. The molecule has 3 heteroatoms. The smallest absolute Gasteiger partial charge is 0.0450 e. The highest BCUT2D eigenvalue weighted by Crippen LogP contribution is 2.15. The molecule has 0 amide bonds. The van der Waals surface area contributed by atoms with Gasteiger partial charge in [0.1, 0.15) is 0 Å². The van der Waals surface area contributed by atoms with Gasteiger partial charge in [-0.05, 0) is 44.5 Å². The molecule has 0 saturated carbocycles. The molecule has 94 valence electrons. The molecule has 0 spiro atoms. The summed E-state index contributed by atoms with van der Waals surface area (Å²) in [5.74, 6) is 0. The Morgan fingerprint density at radius 2 is 2.00 bits per heavy atom. The molecule has 1 aliphatic heterocycles. The molecule has 1 saturated heterocycles. The summed E-state index contributed by atoms with van der Waals surface area (Å²) in [7, 11) is 0. The van der Waals surface area contributed by atoms with E-state index < -0.39 is 0 Å². The third kappa shape index (κ3) is 3.70. The van der Waals surface area contributed by atoms with Crippen molar-refractivity contribution in [3.8, 4) is 0 Å². The fourth-order valence-corrected chi connectivity index (χ4v) is 2.57. The zero-order valence-corrected chi connectivity index (χ0v) is 11.2. The summed E-state index contributed by atoms with van der Waals surface area (Å²) in [4.78, 5) is 2.56. The number of rotatable bonds is 5. The van der Waals surface area contributed by atoms with Crippen molar-refractivity contribution in [3.05, 3.63) is 34.9 Å². The predicted octanol–water partition coefficient (Wildman–Crippen LogP) is 2.91. The van der Waals surface area contributed by atoms with Crippen LogP contribution in [0.15, 0.2) is 24.3 Å². The number of likely N-dealkylation sites (tertiary alicyclic amines) is 1. The van der Waals surface area contributed by atoms with Gasteiger partial charge in [-0.2, -0.15) is 0 Å². The molecule has 2 rings (SSSR count). The molecule has 0 radical (unpaired) electrons. The lowest BCUT2D eigenvalue weighted by Crippen LogP contribution is -2.38. The van der Waals surface area contributed by atoms with Gasteiger partial charge in [-0.15, -0.1) is 0 Å². The number of hydrogen-bond donors (Lipinski definition) is 1. The van der Waals surface area contributed by atoms with Gasteiger partial charge in [0.15, 0.2) is 0 Å². The fraction of sp³-hybridized carbons (Fsp3) is 0.571. The van der Waals surface area contributed by atoms with Crippen molar-refractivity contribution in [2.24, 2.45) is 0 Å². The molecule has 1 heterocycles. The third-order valence-electron chi connectivity index (χ3n) is 3.48. The van der Waals surface area contributed by atoms with Crippen molar-refractivity contribution < 1.29 is 0 Å². The summed E-state index contributed by atoms with van der Waals surface area (Å²) >= 11 is 6.12. The third-order valence-corrected chi connectivity index (χ3v) is 3.85. The van der Waals surface area contributed by atoms with Crippen molar-refractivity contribution in [2.75, 3.05) is 19.6 Å². The van der Waals surface area contributed by atoms with Gasteiger partial charge in [0.05, 0.1) is 0 Å². The number of nitrogens with zero attached hydrogens (tertiary/aromatic N) is 1. The standard InChI is InChI=1S/C14H21ClN2/c1-12(17-8-4-5-9-17)10-16-11-13-6-2-3-7-14(13)15/h2-3,6-7,12,16H,4-5,8-11H2,1H3. The van der Waals surface area contributed by atoms with Crippen LogP contribution in [-0.2, 0) is 6.54 Å². The molecule has 1 unspecified atom stereocenters. The topological polar surface area (TPSA) is 15.3 Å². The maximum atomic E-state index is 6.12. The Bertz CT molecular complexity index is 348. The molecule has 1 atom stereocenters. The first-order valence-corrected chi connectivity index (χ1v) is 6.83. The SMILES string of the molecule is CC(CNCc1ccccc1Cl)N1CCCC1. The molecule has 17 heavy (non-hydrogen) atoms. The van der Waals surface area contributed by atoms with Crippen LogP contribution >= 0.6 is 11.6 Å². The van der Waals surface area contributed by atoms with Gasteiger partial charge in [-0.1, -0.05) is 29.8 Å². The van der Waals surface area contributed by atoms with Crippen molar-refractivity contribution in [1.82, 2.24) is 10.2 Å². The number of nitrogens with one attached hydrogen (secondary N) is 1. The molecule has 2 nitrogen and oxygen atoms in total. The van der Waals surface area contributed by atoms with Crippen molar-refractivity contribution in [1.29, 1.82) is 0 Å². The number of benzene rings is 1. The van der Waals surface area contributed by atoms with E-state index in [2.05, 4.69) is 23.2 Å². The summed E-state index contributed by atoms with van der Waals surface area (Å²) in [5.41, 5.74) is 1.18. The molecular weight excluding hydrogens is 232 g/mol. The van der Waals surface area contributed by atoms with E-state index in [-0.39, 0.29) is 0 Å². The van der Waals surface area contributed by atoms with Gasteiger partial charge in [0.2, 0.25) is 0 Å². The average molecular weight is 253 g/mol. The Labute approximate surface area is 109 Å². The van der Waals surface area contributed by atoms with Gasteiger partial charge >= 0.3 is 0 Å². The highest BCUT2D eigenvalue weighted by Gasteiger charge is 2.17. The number of halogens is 1. The van der Waals surface area contributed by atoms with Crippen LogP contribution < -0.4 is 5.32 Å². The minimum absolute atomic E-state index is 0.625. The first kappa shape index (κ1) is 12.9. The second-order valence-electron chi connectivity index (χ2n) is 4.81. The Kier molecular flexibility index (Phi) is 4.84. The second-order valence-corrected chi connectivity index (χ2v) is 5.22. The van der Waals surface area contributed by atoms with Crippen LogP contribution in [0.4, 0.5) is 0 Å². The van der Waals surface area contributed by atoms with Crippen LogP contribution in [0.1, 0.15) is 25.3 Å². The Morgan fingerprint density at radius 3 is 2.71 bits per heavy atom. The van der Waals surface area contributed by atoms with E-state index in [4.69, 9.17) is 11.6 Å². The monoisotopic (exact) mass is 252 g/mol. The Morgan fingerprint density at radius 1 is 1.29 bits per heavy atom. The minimum atomic E-state index is 0.625. The van der Waals surface area contributed by atoms with Crippen LogP contribution in [0.3, 0.4) is 0 Å². The zero-order chi connectivity index (χ0) is 12.1. The quantitative estimate of drug-likeness (QED) is 0.867. The van der Waals surface area contributed by atoms with E-state index in [0.717, 1.165) is 18.1 Å². The van der Waals surface area contributed by atoms with Crippen LogP contribution in [0.25, 0.3) is 0 Å². The molecule has 1 aliphatic rings. The first-order chi connectivity index (χ1) is 8.27. The van der Waals surface area contributed by atoms with Crippen molar-refractivity contribution in [2.45, 2.75) is 32.4 Å². The largest absolute Gasteiger partial charge is 0.311 e. The molecule has 0 aromatic heterocycles. The molecule has 0 aliphatic carbocycles. The van der Waals surface area contributed by atoms with Gasteiger partial charge in [-0.3, -0.25) is 4.90 Å². The molecule has 1 aromatic rings. The van der Waals surface area contributed by atoms with E-state index in [1.807, 2.05) is 18.2 Å². The summed E-state index contributed by atoms with van der Waals surface area (Å²) in [6, 6.07) is 8.66. The lowest BCUT2D eigenvalue weighted by atomic mass is 10.2. The van der Waals surface area contributed by atoms with E-state index in [1.54, 1.807) is 0 Å². The number of hydrogen-bond acceptors (Lipinski definition) is 2. The second kappa shape index (κ2) is 6.39. The minimum Gasteiger partial charge on any atom is -0.311 e. The van der Waals surface area contributed by atoms with E-state index in [0.29, 0.717) is 6.04 Å². The summed E-state index contributed by atoms with van der Waals surface area (Å²) < 4.78 is 0. The summed E-state index contributed by atoms with van der Waals surface area (Å²) in [6.45, 7) is 6.71. The fourth-order valence-electron chi connectivity index (χ4n) is 2.37. The zero-order valence-electron chi connectivity index (χ0n) is 10.5. The molecular formula is C14H21ClN2. The maximum absolute atomic E-state index is 6.12. The Balaban J connectivity index is 1.74. The van der Waals surface area contributed by atoms with E-state index in [9.17, 15) is 0 Å². The van der Waals surface area contributed by atoms with Crippen LogP contribution in [0.5, 0.6) is 0 Å². The van der Waals surface area contributed by atoms with Crippen molar-refractivity contribution >= 4 is 11.6 Å².